The van der Waals surface area contributed by atoms with Crippen LogP contribution >= 0.6 is 15.9 Å². The maximum absolute atomic E-state index is 11.3. The number of carboxylic acids is 1. The van der Waals surface area contributed by atoms with Crippen LogP contribution in [0.1, 0.15) is 12.8 Å². The summed E-state index contributed by atoms with van der Waals surface area (Å²) in [7, 11) is 0. The molecule has 1 atom stereocenters. The van der Waals surface area contributed by atoms with Crippen molar-refractivity contribution in [1.29, 1.82) is 0 Å². The second kappa shape index (κ2) is 4.81. The van der Waals surface area contributed by atoms with E-state index in [0.29, 0.717) is 6.42 Å². The molecule has 0 saturated carbocycles. The maximum Gasteiger partial charge on any atom is 0.326 e. The van der Waals surface area contributed by atoms with Crippen molar-refractivity contribution < 1.29 is 9.90 Å². The summed E-state index contributed by atoms with van der Waals surface area (Å²) in [5.74, 6) is -0.750. The first-order valence-corrected chi connectivity index (χ1v) is 7.00. The zero-order valence-corrected chi connectivity index (χ0v) is 11.8. The van der Waals surface area contributed by atoms with Gasteiger partial charge in [0.15, 0.2) is 0 Å². The van der Waals surface area contributed by atoms with Crippen molar-refractivity contribution in [3.63, 3.8) is 0 Å². The van der Waals surface area contributed by atoms with Gasteiger partial charge in [-0.15, -0.1) is 0 Å². The smallest absolute Gasteiger partial charge is 0.326 e. The van der Waals surface area contributed by atoms with E-state index in [2.05, 4.69) is 20.9 Å². The molecule has 0 amide bonds. The lowest BCUT2D eigenvalue weighted by Gasteiger charge is -2.24. The number of benzene rings is 1. The van der Waals surface area contributed by atoms with Gasteiger partial charge in [-0.25, -0.2) is 4.79 Å². The number of carbonyl (C=O) groups is 1. The molecule has 19 heavy (non-hydrogen) atoms. The van der Waals surface area contributed by atoms with E-state index >= 15 is 0 Å². The highest BCUT2D eigenvalue weighted by Crippen LogP contribution is 2.32. The van der Waals surface area contributed by atoms with Crippen LogP contribution in [0.15, 0.2) is 34.9 Å². The Bertz CT molecular complexity index is 644. The van der Waals surface area contributed by atoms with E-state index in [-0.39, 0.29) is 0 Å². The Morgan fingerprint density at radius 1 is 1.42 bits per heavy atom. The van der Waals surface area contributed by atoms with E-state index < -0.39 is 12.0 Å². The predicted octanol–water partition coefficient (Wildman–Crippen LogP) is 3.05. The van der Waals surface area contributed by atoms with Crippen molar-refractivity contribution in [1.82, 2.24) is 4.98 Å². The van der Waals surface area contributed by atoms with Crippen LogP contribution in [0.3, 0.4) is 0 Å². The monoisotopic (exact) mass is 320 g/mol. The molecular formula is C14H13BrN2O2. The van der Waals surface area contributed by atoms with Crippen molar-refractivity contribution in [2.24, 2.45) is 0 Å². The van der Waals surface area contributed by atoms with E-state index in [4.69, 9.17) is 0 Å². The number of hydrogen-bond acceptors (Lipinski definition) is 3. The topological polar surface area (TPSA) is 53.4 Å². The van der Waals surface area contributed by atoms with Crippen LogP contribution in [0.5, 0.6) is 0 Å². The number of anilines is 1. The fourth-order valence-corrected chi connectivity index (χ4v) is 3.02. The Morgan fingerprint density at radius 2 is 2.26 bits per heavy atom. The summed E-state index contributed by atoms with van der Waals surface area (Å²) in [6.07, 6.45) is 3.36. The normalized spacial score (nSPS) is 19.0. The molecule has 0 aliphatic carbocycles. The Kier molecular flexibility index (Phi) is 3.14. The Morgan fingerprint density at radius 3 is 3.05 bits per heavy atom. The number of rotatable bonds is 2. The SMILES string of the molecule is O=C(O)[C@@H]1CCCN1c1ccnc2cc(Br)ccc12. The quantitative estimate of drug-likeness (QED) is 0.924. The lowest BCUT2D eigenvalue weighted by Crippen LogP contribution is -2.36. The first kappa shape index (κ1) is 12.4. The summed E-state index contributed by atoms with van der Waals surface area (Å²) in [5.41, 5.74) is 1.84. The van der Waals surface area contributed by atoms with Crippen molar-refractivity contribution in [2.45, 2.75) is 18.9 Å². The van der Waals surface area contributed by atoms with Crippen LogP contribution in [-0.2, 0) is 4.79 Å². The van der Waals surface area contributed by atoms with E-state index in [1.807, 2.05) is 29.2 Å². The van der Waals surface area contributed by atoms with Gasteiger partial charge in [-0.3, -0.25) is 4.98 Å². The highest BCUT2D eigenvalue weighted by atomic mass is 79.9. The molecule has 2 aromatic rings. The van der Waals surface area contributed by atoms with E-state index in [0.717, 1.165) is 34.0 Å². The van der Waals surface area contributed by atoms with Gasteiger partial charge in [0.05, 0.1) is 5.52 Å². The third-order valence-electron chi connectivity index (χ3n) is 3.53. The summed E-state index contributed by atoms with van der Waals surface area (Å²) >= 11 is 3.43. The van der Waals surface area contributed by atoms with Crippen LogP contribution in [0, 0.1) is 0 Å². The second-order valence-corrected chi connectivity index (χ2v) is 5.60. The fraction of sp³-hybridized carbons (Fsp3) is 0.286. The first-order valence-electron chi connectivity index (χ1n) is 6.20. The standard InChI is InChI=1S/C14H13BrN2O2/c15-9-3-4-10-11(8-9)16-6-5-12(10)17-7-1-2-13(17)14(18)19/h3-6,8,13H,1-2,7H2,(H,18,19)/t13-/m0/s1. The number of halogens is 1. The lowest BCUT2D eigenvalue weighted by atomic mass is 10.1. The molecule has 1 fully saturated rings. The van der Waals surface area contributed by atoms with E-state index in [9.17, 15) is 9.90 Å². The number of pyridine rings is 1. The second-order valence-electron chi connectivity index (χ2n) is 4.68. The Hall–Kier alpha value is -1.62. The van der Waals surface area contributed by atoms with Crippen molar-refractivity contribution >= 4 is 38.5 Å². The number of carboxylic acid groups (broad SMARTS) is 1. The molecule has 3 rings (SSSR count). The highest BCUT2D eigenvalue weighted by molar-refractivity contribution is 9.10. The molecule has 1 N–H and O–H groups in total. The minimum atomic E-state index is -0.750. The summed E-state index contributed by atoms with van der Waals surface area (Å²) < 4.78 is 0.973. The van der Waals surface area contributed by atoms with Crippen LogP contribution in [-0.4, -0.2) is 28.6 Å². The van der Waals surface area contributed by atoms with E-state index in [1.165, 1.54) is 0 Å². The number of aromatic nitrogens is 1. The molecule has 0 radical (unpaired) electrons. The molecule has 0 unspecified atom stereocenters. The van der Waals surface area contributed by atoms with Gasteiger partial charge in [0.1, 0.15) is 6.04 Å². The average Bonchev–Trinajstić information content (AvgIpc) is 2.86. The predicted molar refractivity (Wildman–Crippen MR) is 77.4 cm³/mol. The van der Waals surface area contributed by atoms with Gasteiger partial charge in [0.2, 0.25) is 0 Å². The van der Waals surface area contributed by atoms with Gasteiger partial charge in [-0.05, 0) is 37.1 Å². The first-order chi connectivity index (χ1) is 9.16. The third-order valence-corrected chi connectivity index (χ3v) is 4.02. The maximum atomic E-state index is 11.3. The summed E-state index contributed by atoms with van der Waals surface area (Å²) in [4.78, 5) is 17.6. The number of hydrogen-bond donors (Lipinski definition) is 1. The van der Waals surface area contributed by atoms with Crippen LogP contribution < -0.4 is 4.90 Å². The number of fused-ring (bicyclic) bond motifs is 1. The number of aliphatic carboxylic acids is 1. The summed E-state index contributed by atoms with van der Waals surface area (Å²) in [6, 6.07) is 7.37. The molecule has 1 aromatic heterocycles. The van der Waals surface area contributed by atoms with E-state index in [1.54, 1.807) is 6.20 Å². The third kappa shape index (κ3) is 2.18. The zero-order chi connectivity index (χ0) is 13.4. The fourth-order valence-electron chi connectivity index (χ4n) is 2.67. The molecule has 1 aliphatic rings. The van der Waals surface area contributed by atoms with Gasteiger partial charge >= 0.3 is 5.97 Å². The molecule has 5 heteroatoms. The lowest BCUT2D eigenvalue weighted by molar-refractivity contribution is -0.138. The molecule has 2 heterocycles. The van der Waals surface area contributed by atoms with Gasteiger partial charge in [-0.2, -0.15) is 0 Å². The summed E-state index contributed by atoms with van der Waals surface area (Å²) in [5, 5.41) is 10.3. The Balaban J connectivity index is 2.12. The zero-order valence-electron chi connectivity index (χ0n) is 10.2. The molecule has 4 nitrogen and oxygen atoms in total. The minimum absolute atomic E-state index is 0.422. The van der Waals surface area contributed by atoms with Crippen LogP contribution in [0.4, 0.5) is 5.69 Å². The van der Waals surface area contributed by atoms with Crippen LogP contribution in [0.25, 0.3) is 10.9 Å². The van der Waals surface area contributed by atoms with Gasteiger partial charge in [-0.1, -0.05) is 15.9 Å². The molecule has 1 saturated heterocycles. The molecule has 1 aromatic carbocycles. The largest absolute Gasteiger partial charge is 0.480 e. The van der Waals surface area contributed by atoms with Crippen molar-refractivity contribution in [3.8, 4) is 0 Å². The number of nitrogens with zero attached hydrogens (tertiary/aromatic N) is 2. The molecule has 0 bridgehead atoms. The molecular weight excluding hydrogens is 308 g/mol. The van der Waals surface area contributed by atoms with Crippen molar-refractivity contribution in [3.05, 3.63) is 34.9 Å². The highest BCUT2D eigenvalue weighted by Gasteiger charge is 2.31. The van der Waals surface area contributed by atoms with Gasteiger partial charge in [0, 0.05) is 28.3 Å². The van der Waals surface area contributed by atoms with Gasteiger partial charge < -0.3 is 10.0 Å². The van der Waals surface area contributed by atoms with Crippen LogP contribution in [0.2, 0.25) is 0 Å². The van der Waals surface area contributed by atoms with Gasteiger partial charge in [0.25, 0.3) is 0 Å². The Labute approximate surface area is 119 Å². The molecule has 0 spiro atoms. The summed E-state index contributed by atoms with van der Waals surface area (Å²) in [6.45, 7) is 0.784. The average molecular weight is 321 g/mol. The van der Waals surface area contributed by atoms with Crippen molar-refractivity contribution in [2.75, 3.05) is 11.4 Å². The molecule has 98 valence electrons. The minimum Gasteiger partial charge on any atom is -0.480 e. The molecule has 1 aliphatic heterocycles.